The molecule has 0 saturated heterocycles. The summed E-state index contributed by atoms with van der Waals surface area (Å²) in [6, 6.07) is 25.5. The molecule has 0 saturated carbocycles. The van der Waals surface area contributed by atoms with Gasteiger partial charge in [0.15, 0.2) is 0 Å². The lowest BCUT2D eigenvalue weighted by atomic mass is 10.0. The number of fused-ring (bicyclic) bond motifs is 1. The van der Waals surface area contributed by atoms with E-state index in [-0.39, 0.29) is 5.70 Å². The van der Waals surface area contributed by atoms with Crippen LogP contribution in [0, 0.1) is 0 Å². The van der Waals surface area contributed by atoms with Crippen molar-refractivity contribution in [3.05, 3.63) is 96.3 Å². The molecule has 5 heteroatoms. The maximum atomic E-state index is 12.6. The third-order valence-corrected chi connectivity index (χ3v) is 5.03. The van der Waals surface area contributed by atoms with Gasteiger partial charge in [0.05, 0.1) is 5.57 Å². The summed E-state index contributed by atoms with van der Waals surface area (Å²) in [6.45, 7) is 0. The van der Waals surface area contributed by atoms with E-state index in [0.29, 0.717) is 11.1 Å². The number of carbonyl (C=O) groups is 2. The van der Waals surface area contributed by atoms with Gasteiger partial charge in [-0.25, -0.2) is 0 Å². The van der Waals surface area contributed by atoms with Crippen LogP contribution >= 0.6 is 0 Å². The fourth-order valence-electron chi connectivity index (χ4n) is 3.66. The molecule has 0 unspecified atom stereocenters. The minimum atomic E-state index is -0.430. The molecule has 2 heterocycles. The summed E-state index contributed by atoms with van der Waals surface area (Å²) in [5, 5.41) is 6.47. The van der Waals surface area contributed by atoms with E-state index in [9.17, 15) is 9.59 Å². The van der Waals surface area contributed by atoms with Crippen LogP contribution in [0.1, 0.15) is 5.56 Å². The largest absolute Gasteiger partial charge is 0.361 e. The second-order valence-corrected chi connectivity index (χ2v) is 6.85. The summed E-state index contributed by atoms with van der Waals surface area (Å²) in [5.74, 6) is -0.832. The lowest BCUT2D eigenvalue weighted by molar-refractivity contribution is -0.123. The molecule has 4 aromatic rings. The lowest BCUT2D eigenvalue weighted by Crippen LogP contribution is -2.24. The van der Waals surface area contributed by atoms with Crippen molar-refractivity contribution in [3.8, 4) is 11.1 Å². The van der Waals surface area contributed by atoms with Crippen LogP contribution < -0.4 is 10.6 Å². The number of hydrogen-bond donors (Lipinski definition) is 3. The average Bonchev–Trinajstić information content (AvgIpc) is 3.29. The molecule has 1 aromatic heterocycles. The molecule has 2 amide bonds. The Labute approximate surface area is 167 Å². The van der Waals surface area contributed by atoms with E-state index in [2.05, 4.69) is 15.6 Å². The Hall–Kier alpha value is -4.12. The van der Waals surface area contributed by atoms with Crippen LogP contribution in [0.2, 0.25) is 0 Å². The van der Waals surface area contributed by atoms with E-state index in [1.54, 1.807) is 6.20 Å². The number of hydrogen-bond acceptors (Lipinski definition) is 3. The lowest BCUT2D eigenvalue weighted by Gasteiger charge is -2.10. The highest BCUT2D eigenvalue weighted by Crippen LogP contribution is 2.31. The summed E-state index contributed by atoms with van der Waals surface area (Å²) in [7, 11) is 0. The Morgan fingerprint density at radius 2 is 1.48 bits per heavy atom. The molecule has 0 spiro atoms. The first-order chi connectivity index (χ1) is 14.2. The van der Waals surface area contributed by atoms with Gasteiger partial charge in [0.1, 0.15) is 5.70 Å². The fourth-order valence-corrected chi connectivity index (χ4v) is 3.66. The molecule has 5 nitrogen and oxygen atoms in total. The van der Waals surface area contributed by atoms with Crippen molar-refractivity contribution in [2.75, 3.05) is 5.32 Å². The van der Waals surface area contributed by atoms with E-state index in [1.807, 2.05) is 78.9 Å². The van der Waals surface area contributed by atoms with Crippen molar-refractivity contribution in [3.63, 3.8) is 0 Å². The van der Waals surface area contributed by atoms with E-state index in [1.165, 1.54) is 0 Å². The number of amides is 2. The van der Waals surface area contributed by atoms with Gasteiger partial charge in [0.25, 0.3) is 11.8 Å². The zero-order valence-corrected chi connectivity index (χ0v) is 15.4. The van der Waals surface area contributed by atoms with E-state index in [4.69, 9.17) is 0 Å². The average molecular weight is 379 g/mol. The minimum Gasteiger partial charge on any atom is -0.361 e. The first-order valence-corrected chi connectivity index (χ1v) is 9.29. The Morgan fingerprint density at radius 1 is 0.724 bits per heavy atom. The number of nitrogens with one attached hydrogen (secondary N) is 3. The summed E-state index contributed by atoms with van der Waals surface area (Å²) in [4.78, 5) is 28.3. The third kappa shape index (κ3) is 2.99. The van der Waals surface area contributed by atoms with E-state index in [0.717, 1.165) is 27.7 Å². The predicted octanol–water partition coefficient (Wildman–Crippen LogP) is 4.31. The first kappa shape index (κ1) is 17.0. The molecule has 0 radical (unpaired) electrons. The smallest absolute Gasteiger partial charge is 0.275 e. The number of para-hydroxylation sites is 1. The summed E-state index contributed by atoms with van der Waals surface area (Å²) >= 11 is 0. The zero-order chi connectivity index (χ0) is 19.8. The van der Waals surface area contributed by atoms with Gasteiger partial charge in [-0.3, -0.25) is 14.9 Å². The van der Waals surface area contributed by atoms with Crippen LogP contribution in [0.25, 0.3) is 27.6 Å². The van der Waals surface area contributed by atoms with Gasteiger partial charge in [-0.2, -0.15) is 0 Å². The summed E-state index contributed by atoms with van der Waals surface area (Å²) in [5.41, 5.74) is 5.05. The van der Waals surface area contributed by atoms with Gasteiger partial charge in [-0.1, -0.05) is 60.7 Å². The van der Waals surface area contributed by atoms with Gasteiger partial charge in [-0.15, -0.1) is 0 Å². The molecule has 3 N–H and O–H groups in total. The maximum absolute atomic E-state index is 12.6. The van der Waals surface area contributed by atoms with Crippen LogP contribution in [0.15, 0.2) is 90.8 Å². The highest BCUT2D eigenvalue weighted by Gasteiger charge is 2.32. The Bertz CT molecular complexity index is 1290. The van der Waals surface area contributed by atoms with Crippen LogP contribution in [0.3, 0.4) is 0 Å². The molecule has 140 valence electrons. The molecule has 0 atom stereocenters. The predicted molar refractivity (Wildman–Crippen MR) is 114 cm³/mol. The number of benzene rings is 3. The normalized spacial score (nSPS) is 13.8. The molecule has 5 rings (SSSR count). The van der Waals surface area contributed by atoms with E-state index >= 15 is 0 Å². The van der Waals surface area contributed by atoms with Gasteiger partial charge in [-0.05, 0) is 29.3 Å². The summed E-state index contributed by atoms with van der Waals surface area (Å²) < 4.78 is 0. The molecule has 1 aliphatic heterocycles. The topological polar surface area (TPSA) is 74.0 Å². The second-order valence-electron chi connectivity index (χ2n) is 6.85. The number of aromatic nitrogens is 1. The first-order valence-electron chi connectivity index (χ1n) is 9.29. The van der Waals surface area contributed by atoms with Crippen molar-refractivity contribution in [2.24, 2.45) is 0 Å². The number of imide groups is 1. The Kier molecular flexibility index (Phi) is 3.99. The zero-order valence-electron chi connectivity index (χ0n) is 15.4. The second kappa shape index (κ2) is 6.80. The number of H-pyrrole nitrogens is 1. The highest BCUT2D eigenvalue weighted by atomic mass is 16.2. The van der Waals surface area contributed by atoms with E-state index < -0.39 is 11.8 Å². The monoisotopic (exact) mass is 379 g/mol. The maximum Gasteiger partial charge on any atom is 0.275 e. The number of aromatic amines is 1. The molecular formula is C24H17N3O2. The molecule has 29 heavy (non-hydrogen) atoms. The fraction of sp³-hybridized carbons (Fsp3) is 0. The number of rotatable bonds is 4. The van der Waals surface area contributed by atoms with Gasteiger partial charge < -0.3 is 10.3 Å². The molecule has 3 aromatic carbocycles. The third-order valence-electron chi connectivity index (χ3n) is 5.03. The van der Waals surface area contributed by atoms with Gasteiger partial charge in [0, 0.05) is 28.4 Å². The molecule has 0 bridgehead atoms. The van der Waals surface area contributed by atoms with Crippen molar-refractivity contribution >= 4 is 34.0 Å². The Morgan fingerprint density at radius 3 is 2.34 bits per heavy atom. The van der Waals surface area contributed by atoms with Crippen molar-refractivity contribution in [1.29, 1.82) is 0 Å². The SMILES string of the molecule is O=C1NC(=O)C(c2c[nH]c3ccccc23)=C1Nc1cccc(-c2ccccc2)c1. The standard InChI is InChI=1S/C24H17N3O2/c28-23-21(19-14-25-20-12-5-4-11-18(19)20)22(24(29)27-23)26-17-10-6-9-16(13-17)15-7-2-1-3-8-15/h1-14,25H,(H2,26,27,28,29). The molecule has 0 aliphatic carbocycles. The minimum absolute atomic E-state index is 0.255. The highest BCUT2D eigenvalue weighted by molar-refractivity contribution is 6.38. The molecule has 1 aliphatic rings. The van der Waals surface area contributed by atoms with Crippen LogP contribution in [-0.2, 0) is 9.59 Å². The van der Waals surface area contributed by atoms with Crippen molar-refractivity contribution in [2.45, 2.75) is 0 Å². The molecule has 0 fully saturated rings. The van der Waals surface area contributed by atoms with Gasteiger partial charge >= 0.3 is 0 Å². The van der Waals surface area contributed by atoms with Crippen LogP contribution in [-0.4, -0.2) is 16.8 Å². The van der Waals surface area contributed by atoms with Gasteiger partial charge in [0.2, 0.25) is 0 Å². The summed E-state index contributed by atoms with van der Waals surface area (Å²) in [6.07, 6.45) is 1.76. The van der Waals surface area contributed by atoms with Crippen molar-refractivity contribution in [1.82, 2.24) is 10.3 Å². The Balaban J connectivity index is 1.59. The molecular weight excluding hydrogens is 362 g/mol. The van der Waals surface area contributed by atoms with Crippen LogP contribution in [0.5, 0.6) is 0 Å². The number of carbonyl (C=O) groups excluding carboxylic acids is 2. The number of anilines is 1. The van der Waals surface area contributed by atoms with Crippen molar-refractivity contribution < 1.29 is 9.59 Å². The quantitative estimate of drug-likeness (QED) is 0.463. The van der Waals surface area contributed by atoms with Crippen LogP contribution in [0.4, 0.5) is 5.69 Å².